The van der Waals surface area contributed by atoms with Crippen LogP contribution in [0.15, 0.2) is 67.4 Å². The summed E-state index contributed by atoms with van der Waals surface area (Å²) in [5.74, 6) is -1.25. The van der Waals surface area contributed by atoms with Gasteiger partial charge in [0.2, 0.25) is 0 Å². The summed E-state index contributed by atoms with van der Waals surface area (Å²) < 4.78 is 33.8. The third-order valence-corrected chi connectivity index (χ3v) is 7.40. The van der Waals surface area contributed by atoms with Crippen molar-refractivity contribution in [2.75, 3.05) is 5.32 Å². The first-order valence-corrected chi connectivity index (χ1v) is 14.4. The first-order valence-electron chi connectivity index (χ1n) is 14.4. The van der Waals surface area contributed by atoms with Crippen molar-refractivity contribution in [3.05, 3.63) is 96.0 Å². The lowest BCUT2D eigenvalue weighted by Gasteiger charge is -2.30. The minimum atomic E-state index is -0.622. The number of ether oxygens (including phenoxy) is 1. The van der Waals surface area contributed by atoms with Gasteiger partial charge in [0.1, 0.15) is 23.8 Å². The SMILES string of the molecule is O=C(NCc1ccccn1)OCc1ccnc(C(=O)N[C@H]2CCC[C@@H](Nc3nc(-c4c[nH]c5ncc(F)cc45)ncc3F)C2)c1. The fourth-order valence-corrected chi connectivity index (χ4v) is 5.22. The summed E-state index contributed by atoms with van der Waals surface area (Å²) in [6.45, 7) is 0.192. The van der Waals surface area contributed by atoms with Gasteiger partial charge < -0.3 is 25.7 Å². The third kappa shape index (κ3) is 7.34. The van der Waals surface area contributed by atoms with Crippen molar-refractivity contribution in [2.45, 2.75) is 50.9 Å². The Hall–Kier alpha value is -5.53. The molecule has 5 aromatic rings. The number of nitrogens with zero attached hydrogens (tertiary/aromatic N) is 5. The highest BCUT2D eigenvalue weighted by molar-refractivity contribution is 5.93. The number of carbonyl (C=O) groups is 2. The maximum Gasteiger partial charge on any atom is 0.407 e. The number of fused-ring (bicyclic) bond motifs is 1. The van der Waals surface area contributed by atoms with Crippen molar-refractivity contribution in [1.82, 2.24) is 40.5 Å². The van der Waals surface area contributed by atoms with Gasteiger partial charge in [-0.25, -0.2) is 28.5 Å². The number of H-pyrrole nitrogens is 1. The van der Waals surface area contributed by atoms with Gasteiger partial charge in [-0.1, -0.05) is 6.07 Å². The molecule has 0 spiro atoms. The molecule has 4 N–H and O–H groups in total. The lowest BCUT2D eigenvalue weighted by Crippen LogP contribution is -2.42. The molecule has 0 saturated heterocycles. The molecule has 1 aliphatic carbocycles. The summed E-state index contributed by atoms with van der Waals surface area (Å²) in [7, 11) is 0. The summed E-state index contributed by atoms with van der Waals surface area (Å²) in [6.07, 6.45) is 9.12. The van der Waals surface area contributed by atoms with Gasteiger partial charge in [0.25, 0.3) is 5.91 Å². The molecular formula is C31H29F2N9O3. The lowest BCUT2D eigenvalue weighted by atomic mass is 9.91. The Bertz CT molecular complexity index is 1820. The highest BCUT2D eigenvalue weighted by Gasteiger charge is 2.26. The highest BCUT2D eigenvalue weighted by atomic mass is 19.1. The molecule has 12 nitrogen and oxygen atoms in total. The Morgan fingerprint density at radius 3 is 2.76 bits per heavy atom. The number of aromatic nitrogens is 6. The summed E-state index contributed by atoms with van der Waals surface area (Å²) in [6, 6.07) is 9.61. The molecule has 1 saturated carbocycles. The van der Waals surface area contributed by atoms with Crippen LogP contribution < -0.4 is 16.0 Å². The molecule has 45 heavy (non-hydrogen) atoms. The van der Waals surface area contributed by atoms with E-state index in [-0.39, 0.29) is 48.5 Å². The molecule has 14 heteroatoms. The van der Waals surface area contributed by atoms with Gasteiger partial charge in [-0.15, -0.1) is 0 Å². The molecule has 5 aromatic heterocycles. The number of hydrogen-bond acceptors (Lipinski definition) is 9. The van der Waals surface area contributed by atoms with Crippen LogP contribution in [0.3, 0.4) is 0 Å². The first kappa shape index (κ1) is 29.5. The fraction of sp³-hybridized carbons (Fsp3) is 0.258. The van der Waals surface area contributed by atoms with Crippen LogP contribution in [-0.2, 0) is 17.9 Å². The van der Waals surface area contributed by atoms with E-state index in [4.69, 9.17) is 4.74 Å². The molecule has 5 heterocycles. The van der Waals surface area contributed by atoms with Gasteiger partial charge in [-0.05, 0) is 61.6 Å². The van der Waals surface area contributed by atoms with E-state index in [1.165, 1.54) is 12.3 Å². The summed E-state index contributed by atoms with van der Waals surface area (Å²) in [4.78, 5) is 48.9. The third-order valence-electron chi connectivity index (χ3n) is 7.40. The van der Waals surface area contributed by atoms with Gasteiger partial charge in [0.15, 0.2) is 17.5 Å². The van der Waals surface area contributed by atoms with Gasteiger partial charge in [0, 0.05) is 41.6 Å². The Labute approximate surface area is 256 Å². The molecule has 2 atom stereocenters. The quantitative estimate of drug-likeness (QED) is 0.185. The van der Waals surface area contributed by atoms with Crippen molar-refractivity contribution in [2.24, 2.45) is 0 Å². The number of hydrogen-bond donors (Lipinski definition) is 4. The average molecular weight is 614 g/mol. The molecule has 2 amide bonds. The highest BCUT2D eigenvalue weighted by Crippen LogP contribution is 2.28. The molecule has 1 fully saturated rings. The molecule has 0 bridgehead atoms. The number of anilines is 1. The van der Waals surface area contributed by atoms with E-state index in [1.807, 2.05) is 6.07 Å². The van der Waals surface area contributed by atoms with Crippen molar-refractivity contribution in [3.8, 4) is 11.4 Å². The molecule has 230 valence electrons. The fourth-order valence-electron chi connectivity index (χ4n) is 5.22. The minimum absolute atomic E-state index is 0.0223. The summed E-state index contributed by atoms with van der Waals surface area (Å²) >= 11 is 0. The number of carbonyl (C=O) groups excluding carboxylic acids is 2. The van der Waals surface area contributed by atoms with Crippen LogP contribution >= 0.6 is 0 Å². The number of nitrogens with one attached hydrogen (secondary N) is 4. The molecule has 0 radical (unpaired) electrons. The number of rotatable bonds is 9. The Morgan fingerprint density at radius 2 is 1.89 bits per heavy atom. The average Bonchev–Trinajstić information content (AvgIpc) is 3.47. The van der Waals surface area contributed by atoms with Crippen LogP contribution in [0.4, 0.5) is 19.4 Å². The smallest absolute Gasteiger partial charge is 0.407 e. The van der Waals surface area contributed by atoms with Crippen LogP contribution in [-0.4, -0.2) is 54.0 Å². The first-order chi connectivity index (χ1) is 21.9. The van der Waals surface area contributed by atoms with E-state index < -0.39 is 17.7 Å². The zero-order chi connectivity index (χ0) is 31.2. The summed E-state index contributed by atoms with van der Waals surface area (Å²) in [5.41, 5.74) is 2.46. The van der Waals surface area contributed by atoms with Crippen molar-refractivity contribution < 1.29 is 23.1 Å². The Kier molecular flexibility index (Phi) is 8.80. The second kappa shape index (κ2) is 13.4. The number of alkyl carbamates (subject to hydrolysis) is 1. The number of amides is 2. The van der Waals surface area contributed by atoms with Crippen LogP contribution in [0.2, 0.25) is 0 Å². The molecule has 0 unspecified atom stereocenters. The van der Waals surface area contributed by atoms with Crippen LogP contribution in [0.25, 0.3) is 22.4 Å². The van der Waals surface area contributed by atoms with E-state index >= 15 is 0 Å². The molecule has 6 rings (SSSR count). The van der Waals surface area contributed by atoms with Gasteiger partial charge in [-0.3, -0.25) is 14.8 Å². The van der Waals surface area contributed by atoms with E-state index in [2.05, 4.69) is 45.9 Å². The van der Waals surface area contributed by atoms with Gasteiger partial charge in [-0.2, -0.15) is 0 Å². The van der Waals surface area contributed by atoms with E-state index in [0.29, 0.717) is 34.3 Å². The van der Waals surface area contributed by atoms with Crippen LogP contribution in [0, 0.1) is 11.6 Å². The van der Waals surface area contributed by atoms with Crippen LogP contribution in [0.1, 0.15) is 47.4 Å². The monoisotopic (exact) mass is 613 g/mol. The Balaban J connectivity index is 1.04. The topological polar surface area (TPSA) is 160 Å². The second-order valence-corrected chi connectivity index (χ2v) is 10.6. The minimum Gasteiger partial charge on any atom is -0.445 e. The zero-order valence-corrected chi connectivity index (χ0v) is 24.0. The number of aromatic amines is 1. The van der Waals surface area contributed by atoms with E-state index in [1.54, 1.807) is 36.7 Å². The Morgan fingerprint density at radius 1 is 1.00 bits per heavy atom. The zero-order valence-electron chi connectivity index (χ0n) is 24.0. The lowest BCUT2D eigenvalue weighted by molar-refractivity contribution is 0.0921. The number of halogens is 2. The van der Waals surface area contributed by atoms with E-state index in [0.717, 1.165) is 31.7 Å². The maximum atomic E-state index is 14.8. The van der Waals surface area contributed by atoms with Gasteiger partial charge >= 0.3 is 6.09 Å². The van der Waals surface area contributed by atoms with E-state index in [9.17, 15) is 18.4 Å². The second-order valence-electron chi connectivity index (χ2n) is 10.6. The van der Waals surface area contributed by atoms with Crippen LogP contribution in [0.5, 0.6) is 0 Å². The standard InChI is InChI=1S/C31H29F2N9O3/c32-19-11-23-24(15-37-27(23)36-13-19)28-38-16-25(33)29(42-28)40-20-5-3-6-21(12-20)41-30(43)26-10-18(7-9-35-26)17-45-31(44)39-14-22-4-1-2-8-34-22/h1-2,4,7-11,13,15-16,20-21H,3,5-6,12,14,17H2,(H,36,37)(H,39,44)(H,41,43)(H,38,40,42)/t20-,21+/m1/s1. The number of pyridine rings is 3. The molecular weight excluding hydrogens is 584 g/mol. The van der Waals surface area contributed by atoms with Crippen molar-refractivity contribution in [1.29, 1.82) is 0 Å². The predicted molar refractivity (Wildman–Crippen MR) is 160 cm³/mol. The largest absolute Gasteiger partial charge is 0.445 e. The molecule has 1 aliphatic rings. The normalized spacial score (nSPS) is 16.2. The molecule has 0 aromatic carbocycles. The predicted octanol–water partition coefficient (Wildman–Crippen LogP) is 4.67. The summed E-state index contributed by atoms with van der Waals surface area (Å²) in [5, 5.41) is 9.29. The van der Waals surface area contributed by atoms with Crippen molar-refractivity contribution in [3.63, 3.8) is 0 Å². The van der Waals surface area contributed by atoms with Gasteiger partial charge in [0.05, 0.1) is 24.6 Å². The van der Waals surface area contributed by atoms with Crippen molar-refractivity contribution >= 4 is 28.9 Å². The maximum absolute atomic E-state index is 14.8. The molecule has 0 aliphatic heterocycles.